The average molecular weight is 413 g/mol. The van der Waals surface area contributed by atoms with E-state index in [0.29, 0.717) is 5.92 Å². The van der Waals surface area contributed by atoms with E-state index in [1.54, 1.807) is 7.05 Å². The fourth-order valence-electron chi connectivity index (χ4n) is 3.27. The maximum absolute atomic E-state index is 13.8. The molecule has 0 saturated carbocycles. The predicted octanol–water partition coefficient (Wildman–Crippen LogP) is 3.42. The van der Waals surface area contributed by atoms with Crippen LogP contribution in [-0.2, 0) is 6.42 Å². The number of hydrogen-bond acceptors (Lipinski definition) is 2. The first-order chi connectivity index (χ1) is 12.1. The van der Waals surface area contributed by atoms with E-state index in [0.717, 1.165) is 41.9 Å². The lowest BCUT2D eigenvalue weighted by Gasteiger charge is -2.17. The van der Waals surface area contributed by atoms with E-state index in [-0.39, 0.29) is 5.82 Å². The van der Waals surface area contributed by atoms with Gasteiger partial charge in [-0.1, -0.05) is 28.9 Å². The first kappa shape index (κ1) is 20.2. The summed E-state index contributed by atoms with van der Waals surface area (Å²) in [5.41, 5.74) is 0.759. The molecule has 2 N–H and O–H groups in total. The number of likely N-dealkylation sites (tertiary alicyclic amines) is 1. The molecule has 1 aromatic rings. The molecule has 0 bridgehead atoms. The highest BCUT2D eigenvalue weighted by molar-refractivity contribution is 9.10. The first-order valence-electron chi connectivity index (χ1n) is 9.23. The Morgan fingerprint density at radius 1 is 1.40 bits per heavy atom. The molecule has 6 heteroatoms. The molecule has 25 heavy (non-hydrogen) atoms. The van der Waals surface area contributed by atoms with Crippen molar-refractivity contribution < 1.29 is 4.39 Å². The Hall–Kier alpha value is -1.14. The van der Waals surface area contributed by atoms with Crippen LogP contribution in [0.1, 0.15) is 31.7 Å². The van der Waals surface area contributed by atoms with Gasteiger partial charge in [0.05, 0.1) is 0 Å². The van der Waals surface area contributed by atoms with Gasteiger partial charge in [0.2, 0.25) is 0 Å². The van der Waals surface area contributed by atoms with Gasteiger partial charge in [-0.2, -0.15) is 0 Å². The Balaban J connectivity index is 1.64. The molecule has 1 aliphatic heterocycles. The van der Waals surface area contributed by atoms with E-state index < -0.39 is 0 Å². The predicted molar refractivity (Wildman–Crippen MR) is 107 cm³/mol. The number of nitrogens with zero attached hydrogens (tertiary/aromatic N) is 2. The van der Waals surface area contributed by atoms with Crippen molar-refractivity contribution in [1.29, 1.82) is 0 Å². The molecule has 2 rings (SSSR count). The number of hydrogen-bond donors (Lipinski definition) is 2. The van der Waals surface area contributed by atoms with Crippen molar-refractivity contribution in [3.8, 4) is 0 Å². The molecule has 1 saturated heterocycles. The molecule has 1 fully saturated rings. The van der Waals surface area contributed by atoms with Crippen LogP contribution in [0.4, 0.5) is 4.39 Å². The Bertz CT molecular complexity index is 564. The second-order valence-corrected chi connectivity index (χ2v) is 7.59. The van der Waals surface area contributed by atoms with E-state index in [1.165, 1.54) is 38.5 Å². The Morgan fingerprint density at radius 2 is 2.24 bits per heavy atom. The largest absolute Gasteiger partial charge is 0.356 e. The molecule has 4 nitrogen and oxygen atoms in total. The van der Waals surface area contributed by atoms with Crippen LogP contribution in [0.2, 0.25) is 0 Å². The number of rotatable bonds is 8. The van der Waals surface area contributed by atoms with Gasteiger partial charge in [-0.15, -0.1) is 0 Å². The molecule has 0 aromatic heterocycles. The average Bonchev–Trinajstić information content (AvgIpc) is 3.04. The molecule has 1 aromatic carbocycles. The number of aliphatic imine (C=N–C) groups is 1. The van der Waals surface area contributed by atoms with E-state index in [2.05, 4.69) is 43.4 Å². The maximum Gasteiger partial charge on any atom is 0.190 e. The summed E-state index contributed by atoms with van der Waals surface area (Å²) < 4.78 is 14.6. The van der Waals surface area contributed by atoms with Crippen LogP contribution >= 0.6 is 15.9 Å². The third kappa shape index (κ3) is 6.94. The minimum Gasteiger partial charge on any atom is -0.356 e. The minimum atomic E-state index is -0.144. The fourth-order valence-corrected chi connectivity index (χ4v) is 3.60. The van der Waals surface area contributed by atoms with E-state index in [4.69, 9.17) is 0 Å². The highest BCUT2D eigenvalue weighted by atomic mass is 79.9. The van der Waals surface area contributed by atoms with Crippen molar-refractivity contribution in [2.75, 3.05) is 39.8 Å². The monoisotopic (exact) mass is 412 g/mol. The van der Waals surface area contributed by atoms with Gasteiger partial charge in [-0.25, -0.2) is 4.39 Å². The van der Waals surface area contributed by atoms with Crippen LogP contribution in [-0.4, -0.2) is 50.6 Å². The third-order valence-electron chi connectivity index (χ3n) is 4.62. The first-order valence-corrected chi connectivity index (χ1v) is 10.0. The van der Waals surface area contributed by atoms with Gasteiger partial charge in [0.15, 0.2) is 5.96 Å². The number of nitrogens with one attached hydrogen (secondary N) is 2. The van der Waals surface area contributed by atoms with Gasteiger partial charge in [0.25, 0.3) is 0 Å². The quantitative estimate of drug-likeness (QED) is 0.390. The number of aryl methyl sites for hydroxylation is 1. The van der Waals surface area contributed by atoms with E-state index in [9.17, 15) is 4.39 Å². The van der Waals surface area contributed by atoms with Gasteiger partial charge < -0.3 is 15.5 Å². The van der Waals surface area contributed by atoms with Crippen LogP contribution in [0.5, 0.6) is 0 Å². The van der Waals surface area contributed by atoms with Crippen molar-refractivity contribution >= 4 is 21.9 Å². The van der Waals surface area contributed by atoms with Gasteiger partial charge in [-0.05, 0) is 62.4 Å². The molecule has 0 spiro atoms. The summed E-state index contributed by atoms with van der Waals surface area (Å²) in [7, 11) is 1.79. The molecule has 0 aliphatic carbocycles. The SMILES string of the molecule is CCCN1CCC(CNC(=NC)NCCCc2ccc(Br)cc2F)C1. The summed E-state index contributed by atoms with van der Waals surface area (Å²) in [5, 5.41) is 6.75. The normalized spacial score (nSPS) is 18.6. The number of halogens is 2. The standard InChI is InChI=1S/C19H30BrFN4/c1-3-10-25-11-8-15(14-25)13-24-19(22-2)23-9-4-5-16-6-7-17(20)12-18(16)21/h6-7,12,15H,3-5,8-11,13-14H2,1-2H3,(H2,22,23,24). The van der Waals surface area contributed by atoms with Crippen LogP contribution in [0.25, 0.3) is 0 Å². The maximum atomic E-state index is 13.8. The second-order valence-electron chi connectivity index (χ2n) is 6.67. The van der Waals surface area contributed by atoms with Crippen molar-refractivity contribution in [2.24, 2.45) is 10.9 Å². The smallest absolute Gasteiger partial charge is 0.190 e. The van der Waals surface area contributed by atoms with Crippen LogP contribution in [0.3, 0.4) is 0 Å². The van der Waals surface area contributed by atoms with Gasteiger partial charge in [-0.3, -0.25) is 4.99 Å². The molecular formula is C19H30BrFN4. The lowest BCUT2D eigenvalue weighted by Crippen LogP contribution is -2.40. The van der Waals surface area contributed by atoms with Crippen molar-refractivity contribution in [2.45, 2.75) is 32.6 Å². The Labute approximate surface area is 159 Å². The van der Waals surface area contributed by atoms with Crippen molar-refractivity contribution in [3.05, 3.63) is 34.1 Å². The fraction of sp³-hybridized carbons (Fsp3) is 0.632. The zero-order valence-corrected chi connectivity index (χ0v) is 16.9. The van der Waals surface area contributed by atoms with Gasteiger partial charge >= 0.3 is 0 Å². The summed E-state index contributed by atoms with van der Waals surface area (Å²) in [4.78, 5) is 6.82. The van der Waals surface area contributed by atoms with Crippen molar-refractivity contribution in [3.63, 3.8) is 0 Å². The number of benzene rings is 1. The summed E-state index contributed by atoms with van der Waals surface area (Å²) in [6.45, 7) is 7.57. The highest BCUT2D eigenvalue weighted by Crippen LogP contribution is 2.16. The highest BCUT2D eigenvalue weighted by Gasteiger charge is 2.21. The summed E-state index contributed by atoms with van der Waals surface area (Å²) >= 11 is 3.28. The third-order valence-corrected chi connectivity index (χ3v) is 5.12. The molecule has 0 radical (unpaired) electrons. The van der Waals surface area contributed by atoms with E-state index >= 15 is 0 Å². The Kier molecular flexibility index (Phi) is 8.68. The molecule has 1 unspecified atom stereocenters. The van der Waals surface area contributed by atoms with Crippen LogP contribution in [0, 0.1) is 11.7 Å². The lowest BCUT2D eigenvalue weighted by molar-refractivity contribution is 0.324. The molecule has 140 valence electrons. The molecular weight excluding hydrogens is 383 g/mol. The minimum absolute atomic E-state index is 0.144. The lowest BCUT2D eigenvalue weighted by atomic mass is 10.1. The molecule has 0 amide bonds. The van der Waals surface area contributed by atoms with E-state index in [1.807, 2.05) is 12.1 Å². The number of guanidine groups is 1. The zero-order chi connectivity index (χ0) is 18.1. The van der Waals surface area contributed by atoms with Gasteiger partial charge in [0, 0.05) is 31.2 Å². The molecule has 1 atom stereocenters. The summed E-state index contributed by atoms with van der Waals surface area (Å²) in [5.74, 6) is 1.39. The zero-order valence-electron chi connectivity index (χ0n) is 15.3. The van der Waals surface area contributed by atoms with Crippen molar-refractivity contribution in [1.82, 2.24) is 15.5 Å². The van der Waals surface area contributed by atoms with Crippen LogP contribution in [0.15, 0.2) is 27.7 Å². The van der Waals surface area contributed by atoms with Gasteiger partial charge in [0.1, 0.15) is 5.82 Å². The second kappa shape index (κ2) is 10.8. The summed E-state index contributed by atoms with van der Waals surface area (Å²) in [6.07, 6.45) is 4.07. The van der Waals surface area contributed by atoms with Crippen LogP contribution < -0.4 is 10.6 Å². The molecule has 1 aliphatic rings. The topological polar surface area (TPSA) is 39.7 Å². The Morgan fingerprint density at radius 3 is 2.96 bits per heavy atom. The molecule has 1 heterocycles. The summed E-state index contributed by atoms with van der Waals surface area (Å²) in [6, 6.07) is 5.25.